The molecule has 0 aliphatic carbocycles. The first-order chi connectivity index (χ1) is 9.28. The van der Waals surface area contributed by atoms with Crippen molar-refractivity contribution >= 4 is 23.5 Å². The van der Waals surface area contributed by atoms with E-state index in [1.165, 1.54) is 18.2 Å². The monoisotopic (exact) mass is 285 g/mol. The molecule has 104 valence electrons. The second-order valence-corrected chi connectivity index (χ2v) is 4.29. The summed E-state index contributed by atoms with van der Waals surface area (Å²) in [5.74, 6) is -2.67. The molecule has 0 saturated carbocycles. The Hall–Kier alpha value is -2.58. The summed E-state index contributed by atoms with van der Waals surface area (Å²) in [6.07, 6.45) is -5.19. The van der Waals surface area contributed by atoms with Crippen LogP contribution in [-0.4, -0.2) is 29.0 Å². The number of hydrogen-bond acceptors (Lipinski definition) is 3. The SMILES string of the molecule is O=C1NC2(C(=O)Nc3ccccc32)C(=O)N1C(F)(F)F. The summed E-state index contributed by atoms with van der Waals surface area (Å²) in [5.41, 5.74) is -2.16. The van der Waals surface area contributed by atoms with Gasteiger partial charge in [0.15, 0.2) is 0 Å². The molecule has 2 aliphatic heterocycles. The molecule has 0 aromatic heterocycles. The molecule has 1 atom stereocenters. The van der Waals surface area contributed by atoms with Gasteiger partial charge in [-0.1, -0.05) is 18.2 Å². The number of amides is 4. The Balaban J connectivity index is 2.18. The number of carbonyl (C=O) groups excluding carboxylic acids is 3. The molecular formula is C11H6F3N3O3. The predicted octanol–water partition coefficient (Wildman–Crippen LogP) is 0.906. The van der Waals surface area contributed by atoms with Crippen molar-refractivity contribution in [2.24, 2.45) is 0 Å². The zero-order chi connectivity index (χ0) is 14.7. The van der Waals surface area contributed by atoms with Crippen LogP contribution in [0.1, 0.15) is 5.56 Å². The number of carbonyl (C=O) groups is 3. The Morgan fingerprint density at radius 3 is 2.35 bits per heavy atom. The van der Waals surface area contributed by atoms with Crippen molar-refractivity contribution in [2.45, 2.75) is 11.8 Å². The molecule has 6 nitrogen and oxygen atoms in total. The van der Waals surface area contributed by atoms with Crippen LogP contribution in [-0.2, 0) is 15.1 Å². The lowest BCUT2D eigenvalue weighted by Gasteiger charge is -2.20. The highest BCUT2D eigenvalue weighted by molar-refractivity contribution is 6.26. The third-order valence-electron chi connectivity index (χ3n) is 3.19. The van der Waals surface area contributed by atoms with Gasteiger partial charge >= 0.3 is 12.3 Å². The maximum Gasteiger partial charge on any atom is 0.495 e. The van der Waals surface area contributed by atoms with Crippen molar-refractivity contribution < 1.29 is 27.6 Å². The number of urea groups is 1. The average molecular weight is 285 g/mol. The highest BCUT2D eigenvalue weighted by Crippen LogP contribution is 2.42. The summed E-state index contributed by atoms with van der Waals surface area (Å²) < 4.78 is 38.1. The largest absolute Gasteiger partial charge is 0.495 e. The fraction of sp³-hybridized carbons (Fsp3) is 0.182. The van der Waals surface area contributed by atoms with Crippen molar-refractivity contribution in [3.05, 3.63) is 29.8 Å². The van der Waals surface area contributed by atoms with Gasteiger partial charge in [0.1, 0.15) is 0 Å². The molecule has 2 heterocycles. The van der Waals surface area contributed by atoms with Crippen molar-refractivity contribution in [2.75, 3.05) is 5.32 Å². The summed E-state index contributed by atoms with van der Waals surface area (Å²) in [6.45, 7) is 0. The van der Waals surface area contributed by atoms with Crippen LogP contribution in [0.2, 0.25) is 0 Å². The quantitative estimate of drug-likeness (QED) is 0.422. The number of anilines is 1. The zero-order valence-electron chi connectivity index (χ0n) is 9.62. The number of para-hydroxylation sites is 1. The van der Waals surface area contributed by atoms with Crippen molar-refractivity contribution in [1.29, 1.82) is 0 Å². The second kappa shape index (κ2) is 3.50. The van der Waals surface area contributed by atoms with Crippen LogP contribution in [0.25, 0.3) is 0 Å². The van der Waals surface area contributed by atoms with Gasteiger partial charge in [-0.05, 0) is 6.07 Å². The van der Waals surface area contributed by atoms with E-state index in [4.69, 9.17) is 0 Å². The summed E-state index contributed by atoms with van der Waals surface area (Å²) >= 11 is 0. The first-order valence-electron chi connectivity index (χ1n) is 5.43. The molecule has 1 spiro atoms. The van der Waals surface area contributed by atoms with Gasteiger partial charge in [0.05, 0.1) is 0 Å². The predicted molar refractivity (Wildman–Crippen MR) is 58.2 cm³/mol. The Morgan fingerprint density at radius 2 is 1.75 bits per heavy atom. The molecule has 2 aliphatic rings. The fourth-order valence-electron chi connectivity index (χ4n) is 2.35. The molecule has 9 heteroatoms. The normalized spacial score (nSPS) is 24.9. The maximum atomic E-state index is 12.7. The number of benzene rings is 1. The molecule has 20 heavy (non-hydrogen) atoms. The lowest BCUT2D eigenvalue weighted by molar-refractivity contribution is -0.219. The van der Waals surface area contributed by atoms with Gasteiger partial charge in [0.25, 0.3) is 11.8 Å². The van der Waals surface area contributed by atoms with Gasteiger partial charge in [0.2, 0.25) is 5.54 Å². The Morgan fingerprint density at radius 1 is 1.10 bits per heavy atom. The third kappa shape index (κ3) is 1.31. The second-order valence-electron chi connectivity index (χ2n) is 4.29. The van der Waals surface area contributed by atoms with Crippen LogP contribution >= 0.6 is 0 Å². The van der Waals surface area contributed by atoms with E-state index in [1.807, 2.05) is 5.32 Å². The van der Waals surface area contributed by atoms with Crippen LogP contribution in [0, 0.1) is 0 Å². The zero-order valence-corrected chi connectivity index (χ0v) is 9.62. The first-order valence-corrected chi connectivity index (χ1v) is 5.43. The number of rotatable bonds is 0. The van der Waals surface area contributed by atoms with E-state index >= 15 is 0 Å². The minimum absolute atomic E-state index is 0.00454. The van der Waals surface area contributed by atoms with Crippen LogP contribution in [0.3, 0.4) is 0 Å². The van der Waals surface area contributed by atoms with Gasteiger partial charge in [0, 0.05) is 11.3 Å². The molecular weight excluding hydrogens is 279 g/mol. The van der Waals surface area contributed by atoms with Crippen molar-refractivity contribution in [3.63, 3.8) is 0 Å². The molecule has 1 saturated heterocycles. The molecule has 2 N–H and O–H groups in total. The van der Waals surface area contributed by atoms with Crippen molar-refractivity contribution in [3.8, 4) is 0 Å². The number of nitrogens with one attached hydrogen (secondary N) is 2. The molecule has 1 fully saturated rings. The number of nitrogens with zero attached hydrogens (tertiary/aromatic N) is 1. The average Bonchev–Trinajstić information content (AvgIpc) is 2.76. The molecule has 4 amide bonds. The molecule has 1 aromatic carbocycles. The van der Waals surface area contributed by atoms with E-state index in [0.717, 1.165) is 0 Å². The Labute approximate surface area is 109 Å². The minimum Gasteiger partial charge on any atom is -0.323 e. The third-order valence-corrected chi connectivity index (χ3v) is 3.19. The molecule has 1 unspecified atom stereocenters. The van der Waals surface area contributed by atoms with Crippen molar-refractivity contribution in [1.82, 2.24) is 10.2 Å². The summed E-state index contributed by atoms with van der Waals surface area (Å²) in [6, 6.07) is 4.06. The lowest BCUT2D eigenvalue weighted by atomic mass is 9.91. The van der Waals surface area contributed by atoms with Gasteiger partial charge in [-0.25, -0.2) is 4.79 Å². The van der Waals surface area contributed by atoms with Crippen LogP contribution < -0.4 is 10.6 Å². The molecule has 0 radical (unpaired) electrons. The number of halogens is 3. The topological polar surface area (TPSA) is 78.5 Å². The van der Waals surface area contributed by atoms with E-state index in [1.54, 1.807) is 6.07 Å². The van der Waals surface area contributed by atoms with E-state index in [-0.39, 0.29) is 11.3 Å². The summed E-state index contributed by atoms with van der Waals surface area (Å²) in [5, 5.41) is 4.13. The highest BCUT2D eigenvalue weighted by atomic mass is 19.4. The summed E-state index contributed by atoms with van der Waals surface area (Å²) in [7, 11) is 0. The van der Waals surface area contributed by atoms with Gasteiger partial charge in [-0.2, -0.15) is 4.90 Å². The fourth-order valence-corrected chi connectivity index (χ4v) is 2.35. The lowest BCUT2D eigenvalue weighted by Crippen LogP contribution is -2.50. The van der Waals surface area contributed by atoms with Gasteiger partial charge < -0.3 is 10.6 Å². The van der Waals surface area contributed by atoms with Crippen LogP contribution in [0.4, 0.5) is 23.7 Å². The van der Waals surface area contributed by atoms with Crippen LogP contribution in [0.15, 0.2) is 24.3 Å². The number of fused-ring (bicyclic) bond motifs is 2. The van der Waals surface area contributed by atoms with Gasteiger partial charge in [-0.15, -0.1) is 13.2 Å². The highest BCUT2D eigenvalue weighted by Gasteiger charge is 2.67. The number of alkyl halides is 3. The first kappa shape index (κ1) is 12.5. The van der Waals surface area contributed by atoms with E-state index in [9.17, 15) is 27.6 Å². The Kier molecular flexibility index (Phi) is 2.18. The smallest absolute Gasteiger partial charge is 0.323 e. The Bertz CT molecular complexity index is 658. The van der Waals surface area contributed by atoms with E-state index < -0.39 is 34.6 Å². The molecule has 1 aromatic rings. The standard InChI is InChI=1S/C11H6F3N3O3/c12-11(13,14)17-8(19)10(16-9(17)20)5-3-1-2-4-6(5)15-7(10)18/h1-4H,(H,15,18)(H,16,20). The maximum absolute atomic E-state index is 12.7. The number of imide groups is 1. The van der Waals surface area contributed by atoms with Gasteiger partial charge in [-0.3, -0.25) is 9.59 Å². The molecule has 3 rings (SSSR count). The minimum atomic E-state index is -5.19. The van der Waals surface area contributed by atoms with Crippen LogP contribution in [0.5, 0.6) is 0 Å². The van der Waals surface area contributed by atoms with E-state index in [0.29, 0.717) is 0 Å². The van der Waals surface area contributed by atoms with E-state index in [2.05, 4.69) is 5.32 Å². The number of hydrogen-bond donors (Lipinski definition) is 2. The summed E-state index contributed by atoms with van der Waals surface area (Å²) in [4.78, 5) is 34.5. The molecule has 0 bridgehead atoms.